The van der Waals surface area contributed by atoms with Gasteiger partial charge in [0, 0.05) is 33.6 Å². The molecule has 0 aliphatic carbocycles. The lowest BCUT2D eigenvalue weighted by Crippen LogP contribution is -1.95. The van der Waals surface area contributed by atoms with Crippen LogP contribution in [0.15, 0.2) is 132 Å². The molecule has 0 fully saturated rings. The molecule has 8 rings (SSSR count). The van der Waals surface area contributed by atoms with Gasteiger partial charge in [0.15, 0.2) is 0 Å². The van der Waals surface area contributed by atoms with Crippen molar-refractivity contribution in [3.63, 3.8) is 0 Å². The summed E-state index contributed by atoms with van der Waals surface area (Å²) in [4.78, 5) is 4.57. The van der Waals surface area contributed by atoms with E-state index in [1.54, 1.807) is 12.3 Å². The molecule has 4 heteroatoms. The highest BCUT2D eigenvalue weighted by Gasteiger charge is 2.19. The van der Waals surface area contributed by atoms with Gasteiger partial charge in [-0.1, -0.05) is 72.8 Å². The standard InChI is InChI=1S/C36H21N3O/c37-22-24-10-8-20-38-35(24)28-14-2-1-12-26(28)23-9-7-11-25(21-23)39-31-16-5-3-15-30(31)34-32(39)19-18-29-27-13-4-6-17-33(27)40-36(29)34/h1-21H. The van der Waals surface area contributed by atoms with Crippen LogP contribution in [0, 0.1) is 11.3 Å². The molecular weight excluding hydrogens is 490 g/mol. The normalized spacial score (nSPS) is 11.5. The number of rotatable bonds is 3. The van der Waals surface area contributed by atoms with Crippen LogP contribution in [0.1, 0.15) is 5.56 Å². The fourth-order valence-electron chi connectivity index (χ4n) is 5.98. The van der Waals surface area contributed by atoms with E-state index in [0.29, 0.717) is 11.3 Å². The van der Waals surface area contributed by atoms with Crippen LogP contribution < -0.4 is 0 Å². The second-order valence-electron chi connectivity index (χ2n) is 9.89. The summed E-state index contributed by atoms with van der Waals surface area (Å²) in [7, 11) is 0. The van der Waals surface area contributed by atoms with E-state index in [-0.39, 0.29) is 0 Å². The summed E-state index contributed by atoms with van der Waals surface area (Å²) in [6, 6.07) is 43.7. The molecule has 0 aliphatic heterocycles. The number of hydrogen-bond donors (Lipinski definition) is 0. The molecule has 0 N–H and O–H groups in total. The molecule has 0 atom stereocenters. The highest BCUT2D eigenvalue weighted by Crippen LogP contribution is 2.41. The lowest BCUT2D eigenvalue weighted by molar-refractivity contribution is 0.673. The Balaban J connectivity index is 1.39. The third-order valence-corrected chi connectivity index (χ3v) is 7.71. The molecule has 0 aliphatic rings. The third kappa shape index (κ3) is 3.22. The minimum atomic E-state index is 0.559. The second-order valence-corrected chi connectivity index (χ2v) is 9.89. The summed E-state index contributed by atoms with van der Waals surface area (Å²) >= 11 is 0. The third-order valence-electron chi connectivity index (χ3n) is 7.71. The molecule has 0 saturated carbocycles. The Morgan fingerprint density at radius 3 is 2.35 bits per heavy atom. The average Bonchev–Trinajstić information content (AvgIpc) is 3.57. The van der Waals surface area contributed by atoms with Crippen LogP contribution in [0.4, 0.5) is 0 Å². The van der Waals surface area contributed by atoms with Gasteiger partial charge in [-0.3, -0.25) is 4.98 Å². The van der Waals surface area contributed by atoms with Gasteiger partial charge in [-0.2, -0.15) is 5.26 Å². The fourth-order valence-corrected chi connectivity index (χ4v) is 5.98. The van der Waals surface area contributed by atoms with Crippen molar-refractivity contribution in [2.45, 2.75) is 0 Å². The zero-order valence-electron chi connectivity index (χ0n) is 21.4. The zero-order valence-corrected chi connectivity index (χ0v) is 21.4. The topological polar surface area (TPSA) is 54.8 Å². The number of fused-ring (bicyclic) bond motifs is 7. The first-order valence-electron chi connectivity index (χ1n) is 13.2. The number of benzene rings is 5. The summed E-state index contributed by atoms with van der Waals surface area (Å²) in [5.41, 5.74) is 9.33. The van der Waals surface area contributed by atoms with Gasteiger partial charge in [0.1, 0.15) is 17.2 Å². The Hall–Kier alpha value is -5.66. The van der Waals surface area contributed by atoms with Crippen LogP contribution in [0.25, 0.3) is 71.8 Å². The first-order chi connectivity index (χ1) is 19.8. The van der Waals surface area contributed by atoms with Crippen molar-refractivity contribution < 1.29 is 4.42 Å². The molecule has 186 valence electrons. The Morgan fingerprint density at radius 2 is 1.45 bits per heavy atom. The molecule has 40 heavy (non-hydrogen) atoms. The number of nitrogens with zero attached hydrogens (tertiary/aromatic N) is 3. The summed E-state index contributed by atoms with van der Waals surface area (Å²) < 4.78 is 8.77. The summed E-state index contributed by atoms with van der Waals surface area (Å²) in [6.07, 6.45) is 1.74. The SMILES string of the molecule is N#Cc1cccnc1-c1ccccc1-c1cccc(-n2c3ccccc3c3c4oc5ccccc5c4ccc32)c1. The van der Waals surface area contributed by atoms with Crippen LogP contribution in [0.2, 0.25) is 0 Å². The van der Waals surface area contributed by atoms with Crippen molar-refractivity contribution in [2.75, 3.05) is 0 Å². The lowest BCUT2D eigenvalue weighted by Gasteiger charge is -2.13. The van der Waals surface area contributed by atoms with Crippen LogP contribution in [0.3, 0.4) is 0 Å². The van der Waals surface area contributed by atoms with E-state index in [2.05, 4.69) is 94.5 Å². The molecule has 0 radical (unpaired) electrons. The fraction of sp³-hybridized carbons (Fsp3) is 0. The van der Waals surface area contributed by atoms with Gasteiger partial charge in [0.05, 0.1) is 27.7 Å². The Morgan fingerprint density at radius 1 is 0.650 bits per heavy atom. The molecule has 5 aromatic carbocycles. The molecule has 3 aromatic heterocycles. The first-order valence-corrected chi connectivity index (χ1v) is 13.2. The van der Waals surface area contributed by atoms with Crippen LogP contribution in [-0.2, 0) is 0 Å². The minimum Gasteiger partial charge on any atom is -0.455 e. The molecule has 0 spiro atoms. The highest BCUT2D eigenvalue weighted by molar-refractivity contribution is 6.23. The van der Waals surface area contributed by atoms with E-state index in [9.17, 15) is 5.26 Å². The molecule has 0 unspecified atom stereocenters. The van der Waals surface area contributed by atoms with Crippen molar-refractivity contribution in [2.24, 2.45) is 0 Å². The molecular formula is C36H21N3O. The van der Waals surface area contributed by atoms with Crippen molar-refractivity contribution in [3.8, 4) is 34.1 Å². The van der Waals surface area contributed by atoms with E-state index in [1.807, 2.05) is 36.4 Å². The van der Waals surface area contributed by atoms with Crippen LogP contribution in [-0.4, -0.2) is 9.55 Å². The van der Waals surface area contributed by atoms with Gasteiger partial charge in [-0.25, -0.2) is 0 Å². The van der Waals surface area contributed by atoms with Crippen LogP contribution in [0.5, 0.6) is 0 Å². The summed E-state index contributed by atoms with van der Waals surface area (Å²) in [6.45, 7) is 0. The Bertz CT molecular complexity index is 2300. The Labute approximate surface area is 230 Å². The number of para-hydroxylation sites is 2. The molecule has 0 bridgehead atoms. The maximum atomic E-state index is 9.73. The summed E-state index contributed by atoms with van der Waals surface area (Å²) in [5, 5.41) is 14.2. The predicted molar refractivity (Wildman–Crippen MR) is 161 cm³/mol. The number of pyridine rings is 1. The maximum absolute atomic E-state index is 9.73. The van der Waals surface area contributed by atoms with Gasteiger partial charge in [-0.05, 0) is 59.7 Å². The number of furan rings is 1. The van der Waals surface area contributed by atoms with E-state index in [0.717, 1.165) is 66.1 Å². The Kier molecular flexibility index (Phi) is 4.85. The average molecular weight is 512 g/mol. The smallest absolute Gasteiger partial charge is 0.145 e. The van der Waals surface area contributed by atoms with Crippen molar-refractivity contribution >= 4 is 43.7 Å². The van der Waals surface area contributed by atoms with Gasteiger partial charge in [0.25, 0.3) is 0 Å². The van der Waals surface area contributed by atoms with Gasteiger partial charge < -0.3 is 8.98 Å². The second kappa shape index (κ2) is 8.69. The number of aromatic nitrogens is 2. The zero-order chi connectivity index (χ0) is 26.6. The molecule has 8 aromatic rings. The van der Waals surface area contributed by atoms with Crippen molar-refractivity contribution in [1.29, 1.82) is 5.26 Å². The van der Waals surface area contributed by atoms with E-state index < -0.39 is 0 Å². The van der Waals surface area contributed by atoms with Gasteiger partial charge >= 0.3 is 0 Å². The monoisotopic (exact) mass is 511 g/mol. The molecule has 4 nitrogen and oxygen atoms in total. The van der Waals surface area contributed by atoms with E-state index >= 15 is 0 Å². The van der Waals surface area contributed by atoms with Crippen LogP contribution >= 0.6 is 0 Å². The summed E-state index contributed by atoms with van der Waals surface area (Å²) in [5.74, 6) is 0. The minimum absolute atomic E-state index is 0.559. The van der Waals surface area contributed by atoms with Crippen molar-refractivity contribution in [1.82, 2.24) is 9.55 Å². The molecule has 0 amide bonds. The quantitative estimate of drug-likeness (QED) is 0.237. The van der Waals surface area contributed by atoms with Gasteiger partial charge in [0.2, 0.25) is 0 Å². The largest absolute Gasteiger partial charge is 0.455 e. The lowest BCUT2D eigenvalue weighted by atomic mass is 9.95. The van der Waals surface area contributed by atoms with E-state index in [4.69, 9.17) is 4.42 Å². The molecule has 0 saturated heterocycles. The highest BCUT2D eigenvalue weighted by atomic mass is 16.3. The van der Waals surface area contributed by atoms with Crippen molar-refractivity contribution in [3.05, 3.63) is 133 Å². The van der Waals surface area contributed by atoms with E-state index in [1.165, 1.54) is 0 Å². The van der Waals surface area contributed by atoms with Gasteiger partial charge in [-0.15, -0.1) is 0 Å². The first kappa shape index (κ1) is 22.3. The predicted octanol–water partition coefficient (Wildman–Crippen LogP) is 9.28. The molecule has 3 heterocycles. The number of hydrogen-bond acceptors (Lipinski definition) is 3. The number of nitriles is 1. The maximum Gasteiger partial charge on any atom is 0.145 e.